The number of phenols is 1. The predicted octanol–water partition coefficient (Wildman–Crippen LogP) is 3.41. The summed E-state index contributed by atoms with van der Waals surface area (Å²) in [6, 6.07) is 13.2. The topological polar surface area (TPSA) is 138 Å². The second-order valence-corrected chi connectivity index (χ2v) is 7.43. The van der Waals surface area contributed by atoms with Crippen LogP contribution in [0.5, 0.6) is 5.75 Å². The summed E-state index contributed by atoms with van der Waals surface area (Å²) in [7, 11) is 0. The molecule has 0 aliphatic heterocycles. The molecule has 4 aromatic rings. The zero-order valence-electron chi connectivity index (χ0n) is 16.8. The molecule has 0 bridgehead atoms. The van der Waals surface area contributed by atoms with Crippen molar-refractivity contribution in [2.45, 2.75) is 19.9 Å². The van der Waals surface area contributed by atoms with E-state index in [0.717, 1.165) is 0 Å². The zero-order chi connectivity index (χ0) is 22.1. The zero-order valence-corrected chi connectivity index (χ0v) is 16.8. The van der Waals surface area contributed by atoms with Crippen LogP contribution in [0.4, 0.5) is 0 Å². The average molecular weight is 414 g/mol. The molecule has 154 valence electrons. The van der Waals surface area contributed by atoms with Crippen molar-refractivity contribution in [2.75, 3.05) is 0 Å². The number of carboxylic acid groups (broad SMARTS) is 1. The SMILES string of the molecule is CC(C)[C@@H](C(=O)O)n1cc(-c2cc3cc(-c4ccccc4O)nnc3cc2C#N)nn1. The van der Waals surface area contributed by atoms with E-state index in [2.05, 4.69) is 26.6 Å². The van der Waals surface area contributed by atoms with E-state index in [9.17, 15) is 20.3 Å². The molecule has 0 aliphatic carbocycles. The number of rotatable bonds is 5. The first-order valence-electron chi connectivity index (χ1n) is 9.54. The van der Waals surface area contributed by atoms with E-state index in [1.54, 1.807) is 56.3 Å². The Morgan fingerprint density at radius 2 is 1.84 bits per heavy atom. The van der Waals surface area contributed by atoms with Gasteiger partial charge in [0.1, 0.15) is 11.4 Å². The smallest absolute Gasteiger partial charge is 0.328 e. The third-order valence-electron chi connectivity index (χ3n) is 4.98. The molecule has 0 radical (unpaired) electrons. The number of benzene rings is 2. The number of phenolic OH excluding ortho intramolecular Hbond substituents is 1. The van der Waals surface area contributed by atoms with Gasteiger partial charge in [-0.3, -0.25) is 0 Å². The van der Waals surface area contributed by atoms with Crippen molar-refractivity contribution in [3.05, 3.63) is 54.2 Å². The molecule has 9 nitrogen and oxygen atoms in total. The molecule has 9 heteroatoms. The lowest BCUT2D eigenvalue weighted by Crippen LogP contribution is -2.24. The summed E-state index contributed by atoms with van der Waals surface area (Å²) in [5.74, 6) is -1.12. The number of para-hydroxylation sites is 1. The highest BCUT2D eigenvalue weighted by Gasteiger charge is 2.25. The molecule has 2 aromatic carbocycles. The normalized spacial score (nSPS) is 12.1. The van der Waals surface area contributed by atoms with Crippen LogP contribution >= 0.6 is 0 Å². The van der Waals surface area contributed by atoms with Gasteiger partial charge >= 0.3 is 5.97 Å². The van der Waals surface area contributed by atoms with E-state index < -0.39 is 12.0 Å². The monoisotopic (exact) mass is 414 g/mol. The van der Waals surface area contributed by atoms with E-state index in [1.165, 1.54) is 10.9 Å². The maximum atomic E-state index is 11.6. The maximum Gasteiger partial charge on any atom is 0.328 e. The lowest BCUT2D eigenvalue weighted by molar-refractivity contribution is -0.142. The van der Waals surface area contributed by atoms with Gasteiger partial charge < -0.3 is 10.2 Å². The van der Waals surface area contributed by atoms with Crippen LogP contribution in [0.3, 0.4) is 0 Å². The molecule has 31 heavy (non-hydrogen) atoms. The van der Waals surface area contributed by atoms with Crippen LogP contribution in [0, 0.1) is 17.2 Å². The Hall–Kier alpha value is -4.32. The van der Waals surface area contributed by atoms with Crippen LogP contribution in [0.2, 0.25) is 0 Å². The molecule has 0 amide bonds. The van der Waals surface area contributed by atoms with E-state index in [-0.39, 0.29) is 11.7 Å². The first-order chi connectivity index (χ1) is 14.9. The number of carbonyl (C=O) groups is 1. The summed E-state index contributed by atoms with van der Waals surface area (Å²) in [5, 5.41) is 46.4. The van der Waals surface area contributed by atoms with Crippen LogP contribution in [0.15, 0.2) is 48.7 Å². The molecule has 0 unspecified atom stereocenters. The largest absolute Gasteiger partial charge is 0.507 e. The third-order valence-corrected chi connectivity index (χ3v) is 4.98. The van der Waals surface area contributed by atoms with Gasteiger partial charge in [0.25, 0.3) is 0 Å². The van der Waals surface area contributed by atoms with Crippen LogP contribution in [-0.2, 0) is 4.79 Å². The number of carboxylic acids is 1. The van der Waals surface area contributed by atoms with Crippen molar-refractivity contribution in [1.82, 2.24) is 25.2 Å². The van der Waals surface area contributed by atoms with Gasteiger partial charge in [-0.1, -0.05) is 31.2 Å². The Bertz CT molecular complexity index is 1340. The minimum Gasteiger partial charge on any atom is -0.507 e. The van der Waals surface area contributed by atoms with Gasteiger partial charge in [0.2, 0.25) is 0 Å². The van der Waals surface area contributed by atoms with Gasteiger partial charge in [-0.05, 0) is 36.2 Å². The quantitative estimate of drug-likeness (QED) is 0.507. The summed E-state index contributed by atoms with van der Waals surface area (Å²) in [5.41, 5.74) is 2.74. The lowest BCUT2D eigenvalue weighted by Gasteiger charge is -2.15. The molecule has 2 aromatic heterocycles. The van der Waals surface area contributed by atoms with E-state index >= 15 is 0 Å². The van der Waals surface area contributed by atoms with Crippen LogP contribution in [0.1, 0.15) is 25.5 Å². The first-order valence-corrected chi connectivity index (χ1v) is 9.54. The standard InChI is InChI=1S/C22H18N6O3/c1-12(2)21(22(30)31)28-11-19(26-27-28)16-7-13-8-18(15-5-3-4-6-20(15)29)25-24-17(13)9-14(16)10-23/h3-9,11-12,21,29H,1-2H3,(H,30,31)/t21-/m0/s1. The van der Waals surface area contributed by atoms with Gasteiger partial charge in [-0.15, -0.1) is 15.3 Å². The lowest BCUT2D eigenvalue weighted by atomic mass is 10.0. The van der Waals surface area contributed by atoms with Gasteiger partial charge in [0, 0.05) is 16.5 Å². The maximum absolute atomic E-state index is 11.6. The Kier molecular flexibility index (Phi) is 5.05. The Morgan fingerprint density at radius 3 is 2.52 bits per heavy atom. The van der Waals surface area contributed by atoms with Crippen molar-refractivity contribution in [3.63, 3.8) is 0 Å². The number of fused-ring (bicyclic) bond motifs is 1. The van der Waals surface area contributed by atoms with E-state index in [1.807, 2.05) is 0 Å². The molecule has 0 fully saturated rings. The molecule has 2 N–H and O–H groups in total. The molecule has 2 heterocycles. The Labute approximate surface area is 177 Å². The number of aromatic nitrogens is 5. The summed E-state index contributed by atoms with van der Waals surface area (Å²) >= 11 is 0. The fraction of sp³-hybridized carbons (Fsp3) is 0.182. The van der Waals surface area contributed by atoms with Crippen molar-refractivity contribution in [3.8, 4) is 34.3 Å². The number of nitrogens with zero attached hydrogens (tertiary/aromatic N) is 6. The van der Waals surface area contributed by atoms with E-state index in [0.29, 0.717) is 39.0 Å². The van der Waals surface area contributed by atoms with Gasteiger partial charge in [0.15, 0.2) is 6.04 Å². The first kappa shape index (κ1) is 20.0. The minimum absolute atomic E-state index is 0.0846. The molecule has 1 atom stereocenters. The van der Waals surface area contributed by atoms with Crippen molar-refractivity contribution >= 4 is 16.9 Å². The second-order valence-electron chi connectivity index (χ2n) is 7.43. The molecule has 0 aliphatic rings. The highest BCUT2D eigenvalue weighted by Crippen LogP contribution is 2.31. The summed E-state index contributed by atoms with van der Waals surface area (Å²) in [6.07, 6.45) is 1.53. The Balaban J connectivity index is 1.84. The van der Waals surface area contributed by atoms with Crippen molar-refractivity contribution in [2.24, 2.45) is 5.92 Å². The Morgan fingerprint density at radius 1 is 1.06 bits per heavy atom. The highest BCUT2D eigenvalue weighted by atomic mass is 16.4. The number of aromatic hydroxyl groups is 1. The highest BCUT2D eigenvalue weighted by molar-refractivity contribution is 5.89. The molecule has 4 rings (SSSR count). The summed E-state index contributed by atoms with van der Waals surface area (Å²) in [6.45, 7) is 3.58. The van der Waals surface area contributed by atoms with Gasteiger partial charge in [-0.25, -0.2) is 9.48 Å². The molecular weight excluding hydrogens is 396 g/mol. The fourth-order valence-electron chi connectivity index (χ4n) is 3.46. The van der Waals surface area contributed by atoms with E-state index in [4.69, 9.17) is 0 Å². The number of hydrogen-bond donors (Lipinski definition) is 2. The molecule has 0 spiro atoms. The third kappa shape index (κ3) is 3.67. The molecule has 0 saturated carbocycles. The number of aliphatic carboxylic acids is 1. The molecular formula is C22H18N6O3. The number of hydrogen-bond acceptors (Lipinski definition) is 7. The van der Waals surface area contributed by atoms with Gasteiger partial charge in [0.05, 0.1) is 29.0 Å². The minimum atomic E-state index is -1.01. The average Bonchev–Trinajstić information content (AvgIpc) is 3.21. The van der Waals surface area contributed by atoms with Crippen LogP contribution < -0.4 is 0 Å². The van der Waals surface area contributed by atoms with Crippen LogP contribution in [0.25, 0.3) is 33.4 Å². The van der Waals surface area contributed by atoms with Crippen LogP contribution in [-0.4, -0.2) is 41.4 Å². The van der Waals surface area contributed by atoms with Crippen molar-refractivity contribution < 1.29 is 15.0 Å². The number of nitriles is 1. The summed E-state index contributed by atoms with van der Waals surface area (Å²) in [4.78, 5) is 11.6. The fourth-order valence-corrected chi connectivity index (χ4v) is 3.46. The molecule has 0 saturated heterocycles. The van der Waals surface area contributed by atoms with Crippen molar-refractivity contribution in [1.29, 1.82) is 5.26 Å². The predicted molar refractivity (Wildman–Crippen MR) is 112 cm³/mol. The second kappa shape index (κ2) is 7.84. The van der Waals surface area contributed by atoms with Gasteiger partial charge in [-0.2, -0.15) is 5.26 Å². The summed E-state index contributed by atoms with van der Waals surface area (Å²) < 4.78 is 1.30.